The molecule has 0 aliphatic carbocycles. The molecule has 3 rings (SSSR count). The minimum atomic E-state index is -4.37. The highest BCUT2D eigenvalue weighted by Crippen LogP contribution is 2.33. The summed E-state index contributed by atoms with van der Waals surface area (Å²) in [5.74, 6) is -0.105. The third-order valence-electron chi connectivity index (χ3n) is 3.75. The van der Waals surface area contributed by atoms with Crippen LogP contribution in [-0.4, -0.2) is 42.1 Å². The van der Waals surface area contributed by atoms with Gasteiger partial charge in [-0.3, -0.25) is 4.79 Å². The molecule has 0 N–H and O–H groups in total. The van der Waals surface area contributed by atoms with Crippen molar-refractivity contribution in [2.45, 2.75) is 13.1 Å². The SMILES string of the molecule is Cc1nc(-c2ccc(C(F)(F)F)cc2)sc1C(=O)N1CCOCC1. The third-order valence-corrected chi connectivity index (χ3v) is 4.94. The average molecular weight is 356 g/mol. The number of rotatable bonds is 2. The number of hydrogen-bond donors (Lipinski definition) is 0. The van der Waals surface area contributed by atoms with Gasteiger partial charge in [-0.25, -0.2) is 4.98 Å². The van der Waals surface area contributed by atoms with E-state index in [1.807, 2.05) is 0 Å². The van der Waals surface area contributed by atoms with Crippen LogP contribution in [0.15, 0.2) is 24.3 Å². The Hall–Kier alpha value is -1.93. The van der Waals surface area contributed by atoms with Gasteiger partial charge in [-0.15, -0.1) is 11.3 Å². The summed E-state index contributed by atoms with van der Waals surface area (Å²) >= 11 is 1.20. The molecule has 1 aromatic carbocycles. The lowest BCUT2D eigenvalue weighted by atomic mass is 10.1. The van der Waals surface area contributed by atoms with Crippen molar-refractivity contribution in [2.75, 3.05) is 26.3 Å². The van der Waals surface area contributed by atoms with Crippen molar-refractivity contribution in [1.29, 1.82) is 0 Å². The normalized spacial score (nSPS) is 15.6. The molecule has 128 valence electrons. The fourth-order valence-corrected chi connectivity index (χ4v) is 3.47. The average Bonchev–Trinajstić information content (AvgIpc) is 2.96. The summed E-state index contributed by atoms with van der Waals surface area (Å²) in [6, 6.07) is 4.80. The van der Waals surface area contributed by atoms with Gasteiger partial charge >= 0.3 is 6.18 Å². The van der Waals surface area contributed by atoms with Crippen molar-refractivity contribution in [3.05, 3.63) is 40.4 Å². The van der Waals surface area contributed by atoms with E-state index in [2.05, 4.69) is 4.98 Å². The number of nitrogens with zero attached hydrogens (tertiary/aromatic N) is 2. The molecule has 24 heavy (non-hydrogen) atoms. The topological polar surface area (TPSA) is 42.4 Å². The van der Waals surface area contributed by atoms with E-state index in [1.165, 1.54) is 23.5 Å². The fourth-order valence-electron chi connectivity index (χ4n) is 2.43. The van der Waals surface area contributed by atoms with Gasteiger partial charge in [-0.05, 0) is 19.1 Å². The Morgan fingerprint density at radius 3 is 2.42 bits per heavy atom. The van der Waals surface area contributed by atoms with Gasteiger partial charge in [0.2, 0.25) is 0 Å². The van der Waals surface area contributed by atoms with Gasteiger partial charge in [-0.2, -0.15) is 13.2 Å². The van der Waals surface area contributed by atoms with E-state index in [4.69, 9.17) is 4.74 Å². The van der Waals surface area contributed by atoms with Crippen LogP contribution in [0.2, 0.25) is 0 Å². The Morgan fingerprint density at radius 2 is 1.83 bits per heavy atom. The minimum absolute atomic E-state index is 0.105. The summed E-state index contributed by atoms with van der Waals surface area (Å²) in [7, 11) is 0. The summed E-state index contributed by atoms with van der Waals surface area (Å²) in [4.78, 5) is 19.1. The van der Waals surface area contributed by atoms with Gasteiger partial charge in [0.05, 0.1) is 24.5 Å². The van der Waals surface area contributed by atoms with Gasteiger partial charge in [0, 0.05) is 18.7 Å². The molecule has 1 saturated heterocycles. The molecule has 1 aliphatic rings. The number of ether oxygens (including phenoxy) is 1. The Balaban J connectivity index is 1.84. The number of benzene rings is 1. The molecule has 0 radical (unpaired) electrons. The Labute approximate surface area is 140 Å². The lowest BCUT2D eigenvalue weighted by Gasteiger charge is -2.26. The van der Waals surface area contributed by atoms with Gasteiger partial charge in [0.15, 0.2) is 0 Å². The molecule has 1 fully saturated rings. The van der Waals surface area contributed by atoms with Gasteiger partial charge < -0.3 is 9.64 Å². The number of aryl methyl sites for hydroxylation is 1. The molecule has 8 heteroatoms. The van der Waals surface area contributed by atoms with Crippen LogP contribution < -0.4 is 0 Å². The molecular weight excluding hydrogens is 341 g/mol. The van der Waals surface area contributed by atoms with Crippen LogP contribution in [-0.2, 0) is 10.9 Å². The summed E-state index contributed by atoms with van der Waals surface area (Å²) in [5, 5.41) is 0.540. The first-order chi connectivity index (χ1) is 11.4. The molecule has 1 amide bonds. The van der Waals surface area contributed by atoms with Crippen molar-refractivity contribution in [3.63, 3.8) is 0 Å². The molecule has 1 aliphatic heterocycles. The highest BCUT2D eigenvalue weighted by atomic mass is 32.1. The number of thiazole rings is 1. The Morgan fingerprint density at radius 1 is 1.21 bits per heavy atom. The number of hydrogen-bond acceptors (Lipinski definition) is 4. The van der Waals surface area contributed by atoms with Crippen LogP contribution in [0, 0.1) is 6.92 Å². The highest BCUT2D eigenvalue weighted by molar-refractivity contribution is 7.17. The monoisotopic (exact) mass is 356 g/mol. The summed E-state index contributed by atoms with van der Waals surface area (Å²) in [6.07, 6.45) is -4.37. The molecule has 0 atom stereocenters. The molecular formula is C16H15F3N2O2S. The molecule has 1 aromatic heterocycles. The number of amides is 1. The quantitative estimate of drug-likeness (QED) is 0.826. The molecule has 4 nitrogen and oxygen atoms in total. The first kappa shape index (κ1) is 16.9. The van der Waals surface area contributed by atoms with Crippen molar-refractivity contribution >= 4 is 17.2 Å². The van der Waals surface area contributed by atoms with Crippen LogP contribution in [0.4, 0.5) is 13.2 Å². The number of carbonyl (C=O) groups is 1. The summed E-state index contributed by atoms with van der Waals surface area (Å²) < 4.78 is 43.1. The maximum absolute atomic E-state index is 12.6. The van der Waals surface area contributed by atoms with Gasteiger partial charge in [0.25, 0.3) is 5.91 Å². The maximum atomic E-state index is 12.6. The largest absolute Gasteiger partial charge is 0.416 e. The van der Waals surface area contributed by atoms with Crippen LogP contribution >= 0.6 is 11.3 Å². The predicted octanol–water partition coefficient (Wildman–Crippen LogP) is 3.61. The van der Waals surface area contributed by atoms with E-state index in [1.54, 1.807) is 11.8 Å². The number of carbonyl (C=O) groups excluding carboxylic acids is 1. The lowest BCUT2D eigenvalue weighted by Crippen LogP contribution is -2.40. The number of morpholine rings is 1. The van der Waals surface area contributed by atoms with Crippen LogP contribution in [0.1, 0.15) is 20.9 Å². The zero-order valence-electron chi connectivity index (χ0n) is 12.9. The number of halogens is 3. The highest BCUT2D eigenvalue weighted by Gasteiger charge is 2.30. The molecule has 0 bridgehead atoms. The van der Waals surface area contributed by atoms with E-state index in [0.29, 0.717) is 47.4 Å². The van der Waals surface area contributed by atoms with Crippen molar-refractivity contribution in [2.24, 2.45) is 0 Å². The second-order valence-corrected chi connectivity index (χ2v) is 6.41. The number of alkyl halides is 3. The van der Waals surface area contributed by atoms with Gasteiger partial charge in [-0.1, -0.05) is 12.1 Å². The standard InChI is InChI=1S/C16H15F3N2O2S/c1-10-13(15(22)21-6-8-23-9-7-21)24-14(20-10)11-2-4-12(5-3-11)16(17,18)19/h2-5H,6-9H2,1H3. The predicted molar refractivity (Wildman–Crippen MR) is 84.0 cm³/mol. The van der Waals surface area contributed by atoms with Crippen LogP contribution in [0.5, 0.6) is 0 Å². The Bertz CT molecular complexity index is 735. The molecule has 2 aromatic rings. The summed E-state index contributed by atoms with van der Waals surface area (Å²) in [5.41, 5.74) is 0.452. The second-order valence-electron chi connectivity index (χ2n) is 5.41. The molecule has 0 saturated carbocycles. The fraction of sp³-hybridized carbons (Fsp3) is 0.375. The van der Waals surface area contributed by atoms with Crippen molar-refractivity contribution in [3.8, 4) is 10.6 Å². The number of aromatic nitrogens is 1. The molecule has 0 unspecified atom stereocenters. The first-order valence-electron chi connectivity index (χ1n) is 7.38. The molecule has 0 spiro atoms. The van der Waals surface area contributed by atoms with E-state index < -0.39 is 11.7 Å². The van der Waals surface area contributed by atoms with Crippen LogP contribution in [0.3, 0.4) is 0 Å². The van der Waals surface area contributed by atoms with E-state index in [0.717, 1.165) is 12.1 Å². The van der Waals surface area contributed by atoms with Crippen LogP contribution in [0.25, 0.3) is 10.6 Å². The Kier molecular flexibility index (Phi) is 4.60. The van der Waals surface area contributed by atoms with Gasteiger partial charge in [0.1, 0.15) is 9.88 Å². The van der Waals surface area contributed by atoms with E-state index in [-0.39, 0.29) is 5.91 Å². The lowest BCUT2D eigenvalue weighted by molar-refractivity contribution is -0.137. The summed E-state index contributed by atoms with van der Waals surface area (Å²) in [6.45, 7) is 3.82. The first-order valence-corrected chi connectivity index (χ1v) is 8.20. The zero-order valence-corrected chi connectivity index (χ0v) is 13.7. The smallest absolute Gasteiger partial charge is 0.378 e. The third kappa shape index (κ3) is 3.44. The minimum Gasteiger partial charge on any atom is -0.378 e. The molecule has 2 heterocycles. The van der Waals surface area contributed by atoms with Crippen molar-refractivity contribution < 1.29 is 22.7 Å². The van der Waals surface area contributed by atoms with E-state index in [9.17, 15) is 18.0 Å². The maximum Gasteiger partial charge on any atom is 0.416 e. The zero-order chi connectivity index (χ0) is 17.3. The van der Waals surface area contributed by atoms with E-state index >= 15 is 0 Å². The van der Waals surface area contributed by atoms with Crippen molar-refractivity contribution in [1.82, 2.24) is 9.88 Å². The second kappa shape index (κ2) is 6.52.